The molecule has 2 aromatic rings. The van der Waals surface area contributed by atoms with Crippen molar-refractivity contribution >= 4 is 23.2 Å². The standard InChI is InChI=1S/C17H16FN3O2/c1-11-5-6-16(22)21(11)15-4-2-3-14(8-15)20-17(23)12-7-13(18)10-19-9-12/h2-4,7-11H,5-6H2,1H3,(H,20,23). The molecule has 1 aliphatic rings. The SMILES string of the molecule is CC1CCC(=O)N1c1cccc(NC(=O)c2cncc(F)c2)c1. The van der Waals surface area contributed by atoms with Gasteiger partial charge in [0.1, 0.15) is 5.82 Å². The van der Waals surface area contributed by atoms with Gasteiger partial charge in [0.2, 0.25) is 5.91 Å². The minimum Gasteiger partial charge on any atom is -0.322 e. The molecule has 1 saturated heterocycles. The highest BCUT2D eigenvalue weighted by molar-refractivity contribution is 6.04. The smallest absolute Gasteiger partial charge is 0.257 e. The van der Waals surface area contributed by atoms with E-state index < -0.39 is 11.7 Å². The van der Waals surface area contributed by atoms with Crippen molar-refractivity contribution in [2.24, 2.45) is 0 Å². The maximum atomic E-state index is 13.1. The van der Waals surface area contributed by atoms with E-state index in [-0.39, 0.29) is 17.5 Å². The summed E-state index contributed by atoms with van der Waals surface area (Å²) < 4.78 is 13.1. The third kappa shape index (κ3) is 3.21. The highest BCUT2D eigenvalue weighted by Gasteiger charge is 2.28. The van der Waals surface area contributed by atoms with Crippen LogP contribution in [0, 0.1) is 5.82 Å². The summed E-state index contributed by atoms with van der Waals surface area (Å²) in [5.74, 6) is -0.937. The third-order valence-corrected chi connectivity index (χ3v) is 3.83. The third-order valence-electron chi connectivity index (χ3n) is 3.83. The topological polar surface area (TPSA) is 62.3 Å². The molecule has 118 valence electrons. The molecule has 6 heteroatoms. The molecule has 1 aromatic heterocycles. The van der Waals surface area contributed by atoms with Gasteiger partial charge in [-0.3, -0.25) is 14.6 Å². The van der Waals surface area contributed by atoms with Gasteiger partial charge in [-0.25, -0.2) is 4.39 Å². The van der Waals surface area contributed by atoms with E-state index in [4.69, 9.17) is 0 Å². The average Bonchev–Trinajstić information content (AvgIpc) is 2.86. The Labute approximate surface area is 133 Å². The lowest BCUT2D eigenvalue weighted by molar-refractivity contribution is -0.117. The van der Waals surface area contributed by atoms with Gasteiger partial charge in [0.15, 0.2) is 0 Å². The highest BCUT2D eigenvalue weighted by Crippen LogP contribution is 2.28. The number of aromatic nitrogens is 1. The Bertz CT molecular complexity index is 763. The number of anilines is 2. The van der Waals surface area contributed by atoms with Crippen molar-refractivity contribution in [2.75, 3.05) is 10.2 Å². The molecule has 2 heterocycles. The molecule has 0 radical (unpaired) electrons. The molecule has 3 rings (SSSR count). The molecule has 1 aliphatic heterocycles. The first kappa shape index (κ1) is 15.1. The fourth-order valence-corrected chi connectivity index (χ4v) is 2.70. The van der Waals surface area contributed by atoms with Crippen molar-refractivity contribution in [3.8, 4) is 0 Å². The van der Waals surface area contributed by atoms with Crippen LogP contribution in [0.15, 0.2) is 42.7 Å². The van der Waals surface area contributed by atoms with Crippen LogP contribution >= 0.6 is 0 Å². The summed E-state index contributed by atoms with van der Waals surface area (Å²) in [5.41, 5.74) is 1.43. The van der Waals surface area contributed by atoms with Gasteiger partial charge < -0.3 is 10.2 Å². The number of carbonyl (C=O) groups excluding carboxylic acids is 2. The molecule has 23 heavy (non-hydrogen) atoms. The van der Waals surface area contributed by atoms with Gasteiger partial charge in [-0.15, -0.1) is 0 Å². The molecule has 5 nitrogen and oxygen atoms in total. The Morgan fingerprint density at radius 3 is 2.87 bits per heavy atom. The number of pyridine rings is 1. The summed E-state index contributed by atoms with van der Waals surface area (Å²) in [6.07, 6.45) is 3.70. The molecule has 1 aromatic carbocycles. The van der Waals surface area contributed by atoms with E-state index >= 15 is 0 Å². The van der Waals surface area contributed by atoms with Crippen LogP contribution in [0.3, 0.4) is 0 Å². The zero-order chi connectivity index (χ0) is 16.4. The largest absolute Gasteiger partial charge is 0.322 e. The molecule has 1 unspecified atom stereocenters. The van der Waals surface area contributed by atoms with Gasteiger partial charge in [-0.05, 0) is 37.6 Å². The zero-order valence-electron chi connectivity index (χ0n) is 12.6. The summed E-state index contributed by atoms with van der Waals surface area (Å²) >= 11 is 0. The lowest BCUT2D eigenvalue weighted by Gasteiger charge is -2.22. The van der Waals surface area contributed by atoms with Crippen molar-refractivity contribution < 1.29 is 14.0 Å². The fraction of sp³-hybridized carbons (Fsp3) is 0.235. The molecule has 1 atom stereocenters. The van der Waals surface area contributed by atoms with Crippen LogP contribution in [0.2, 0.25) is 0 Å². The number of benzene rings is 1. The maximum absolute atomic E-state index is 13.1. The van der Waals surface area contributed by atoms with Gasteiger partial charge >= 0.3 is 0 Å². The normalized spacial score (nSPS) is 17.4. The number of hydrogen-bond acceptors (Lipinski definition) is 3. The number of nitrogens with one attached hydrogen (secondary N) is 1. The van der Waals surface area contributed by atoms with Gasteiger partial charge in [-0.1, -0.05) is 6.07 Å². The summed E-state index contributed by atoms with van der Waals surface area (Å²) in [7, 11) is 0. The van der Waals surface area contributed by atoms with Crippen molar-refractivity contribution in [1.29, 1.82) is 0 Å². The highest BCUT2D eigenvalue weighted by atomic mass is 19.1. The second-order valence-electron chi connectivity index (χ2n) is 5.55. The monoisotopic (exact) mass is 313 g/mol. The van der Waals surface area contributed by atoms with Crippen molar-refractivity contribution in [3.63, 3.8) is 0 Å². The van der Waals surface area contributed by atoms with Crippen LogP contribution < -0.4 is 10.2 Å². The quantitative estimate of drug-likeness (QED) is 0.947. The number of amides is 2. The summed E-state index contributed by atoms with van der Waals surface area (Å²) in [6, 6.07) is 8.33. The van der Waals surface area contributed by atoms with Gasteiger partial charge in [0, 0.05) is 30.0 Å². The lowest BCUT2D eigenvalue weighted by Crippen LogP contribution is -2.30. The molecule has 0 aliphatic carbocycles. The number of halogens is 1. The van der Waals surface area contributed by atoms with E-state index in [1.165, 1.54) is 6.20 Å². The summed E-state index contributed by atoms with van der Waals surface area (Å²) in [6.45, 7) is 1.99. The molecular formula is C17H16FN3O2. The van der Waals surface area contributed by atoms with Crippen molar-refractivity contribution in [1.82, 2.24) is 4.98 Å². The Hall–Kier alpha value is -2.76. The van der Waals surface area contributed by atoms with Gasteiger partial charge in [0.25, 0.3) is 5.91 Å². The molecule has 1 N–H and O–H groups in total. The Balaban J connectivity index is 1.80. The number of nitrogens with zero attached hydrogens (tertiary/aromatic N) is 2. The van der Waals surface area contributed by atoms with Crippen LogP contribution in [-0.4, -0.2) is 22.8 Å². The lowest BCUT2D eigenvalue weighted by atomic mass is 10.2. The van der Waals surface area contributed by atoms with Crippen molar-refractivity contribution in [3.05, 3.63) is 54.1 Å². The van der Waals surface area contributed by atoms with E-state index in [0.717, 1.165) is 24.4 Å². The Morgan fingerprint density at radius 1 is 1.35 bits per heavy atom. The Morgan fingerprint density at radius 2 is 2.17 bits per heavy atom. The van der Waals surface area contributed by atoms with E-state index in [1.807, 2.05) is 13.0 Å². The fourth-order valence-electron chi connectivity index (χ4n) is 2.70. The first-order valence-electron chi connectivity index (χ1n) is 7.38. The predicted molar refractivity (Wildman–Crippen MR) is 84.8 cm³/mol. The van der Waals surface area contributed by atoms with Crippen LogP contribution in [0.25, 0.3) is 0 Å². The van der Waals surface area contributed by atoms with E-state index in [9.17, 15) is 14.0 Å². The molecule has 0 saturated carbocycles. The first-order chi connectivity index (χ1) is 11.0. The number of rotatable bonds is 3. The zero-order valence-corrected chi connectivity index (χ0v) is 12.6. The predicted octanol–water partition coefficient (Wildman–Crippen LogP) is 2.99. The molecule has 0 spiro atoms. The number of carbonyl (C=O) groups is 2. The van der Waals surface area contributed by atoms with Gasteiger partial charge in [0.05, 0.1) is 11.8 Å². The minimum atomic E-state index is -0.567. The van der Waals surface area contributed by atoms with Crippen LogP contribution in [0.5, 0.6) is 0 Å². The number of hydrogen-bond donors (Lipinski definition) is 1. The van der Waals surface area contributed by atoms with Crippen LogP contribution in [0.4, 0.5) is 15.8 Å². The van der Waals surface area contributed by atoms with Crippen molar-refractivity contribution in [2.45, 2.75) is 25.8 Å². The van der Waals surface area contributed by atoms with E-state index in [2.05, 4.69) is 10.3 Å². The molecule has 2 amide bonds. The maximum Gasteiger partial charge on any atom is 0.257 e. The summed E-state index contributed by atoms with van der Waals surface area (Å²) in [4.78, 5) is 29.5. The van der Waals surface area contributed by atoms with E-state index in [0.29, 0.717) is 12.1 Å². The average molecular weight is 313 g/mol. The van der Waals surface area contributed by atoms with Gasteiger partial charge in [-0.2, -0.15) is 0 Å². The molecule has 1 fully saturated rings. The first-order valence-corrected chi connectivity index (χ1v) is 7.38. The second-order valence-corrected chi connectivity index (χ2v) is 5.55. The summed E-state index contributed by atoms with van der Waals surface area (Å²) in [5, 5.41) is 2.70. The Kier molecular flexibility index (Phi) is 4.06. The van der Waals surface area contributed by atoms with E-state index in [1.54, 1.807) is 23.1 Å². The van der Waals surface area contributed by atoms with Crippen LogP contribution in [0.1, 0.15) is 30.1 Å². The minimum absolute atomic E-state index is 0.0790. The second kappa shape index (κ2) is 6.16. The molecule has 0 bridgehead atoms. The molecular weight excluding hydrogens is 297 g/mol. The van der Waals surface area contributed by atoms with Crippen LogP contribution in [-0.2, 0) is 4.79 Å².